The molecule has 1 unspecified atom stereocenters. The molecule has 0 heterocycles. The number of ether oxygens (including phenoxy) is 2. The predicted octanol–water partition coefficient (Wildman–Crippen LogP) is 5.03. The molecule has 0 bridgehead atoms. The molecule has 0 aliphatic carbocycles. The first-order valence-corrected chi connectivity index (χ1v) is 12.6. The van der Waals surface area contributed by atoms with Crippen molar-refractivity contribution in [2.75, 3.05) is 0 Å². The molecular weight excluding hydrogens is 548 g/mol. The van der Waals surface area contributed by atoms with E-state index in [-0.39, 0.29) is 43.1 Å². The quantitative estimate of drug-likeness (QED) is 0.161. The molecule has 11 heteroatoms. The van der Waals surface area contributed by atoms with Crippen molar-refractivity contribution in [2.24, 2.45) is 0 Å². The number of halogens is 6. The third-order valence-electron chi connectivity index (χ3n) is 5.59. The minimum atomic E-state index is -5.15. The van der Waals surface area contributed by atoms with Crippen LogP contribution < -0.4 is 33.6 Å². The van der Waals surface area contributed by atoms with Gasteiger partial charge in [-0.15, -0.1) is 0 Å². The molecule has 4 aromatic rings. The van der Waals surface area contributed by atoms with Crippen LogP contribution >= 0.6 is 8.58 Å². The monoisotopic (exact) mass is 569 g/mol. The van der Waals surface area contributed by atoms with Gasteiger partial charge in [-0.3, -0.25) is 4.79 Å². The number of carbonyl (C=O) groups excluding carboxylic acids is 1. The van der Waals surface area contributed by atoms with Gasteiger partial charge in [-0.1, -0.05) is 66.7 Å². The number of benzene rings is 4. The smallest absolute Gasteiger partial charge is 0.489 e. The van der Waals surface area contributed by atoms with Gasteiger partial charge in [0.25, 0.3) is 0 Å². The Balaban J connectivity index is 0.00000441. The molecule has 0 spiro atoms. The molecule has 3 nitrogen and oxygen atoms in total. The first-order chi connectivity index (χ1) is 18.5. The van der Waals surface area contributed by atoms with E-state index < -0.39 is 43.1 Å². The summed E-state index contributed by atoms with van der Waals surface area (Å²) in [5.41, 5.74) is -4.33. The van der Waals surface area contributed by atoms with Gasteiger partial charge >= 0.3 is 31.2 Å². The van der Waals surface area contributed by atoms with Crippen molar-refractivity contribution in [3.05, 3.63) is 125 Å². The molecule has 0 amide bonds. The Bertz CT molecular complexity index is 1400. The van der Waals surface area contributed by atoms with E-state index >= 15 is 0 Å². The Kier molecular flexibility index (Phi) is 10.5. The average molecular weight is 569 g/mol. The summed E-state index contributed by atoms with van der Waals surface area (Å²) < 4.78 is 93.4. The maximum atomic E-state index is 13.6. The summed E-state index contributed by atoms with van der Waals surface area (Å²) >= 11 is 0. The second-order valence-electron chi connectivity index (χ2n) is 8.38. The summed E-state index contributed by atoms with van der Waals surface area (Å²) in [5.74, 6) is 0.476. The van der Waals surface area contributed by atoms with E-state index in [9.17, 15) is 31.1 Å². The van der Waals surface area contributed by atoms with Crippen LogP contribution in [0, 0.1) is 0 Å². The van der Waals surface area contributed by atoms with Gasteiger partial charge in [0.15, 0.2) is 5.52 Å². The van der Waals surface area contributed by atoms with E-state index in [0.717, 1.165) is 11.1 Å². The van der Waals surface area contributed by atoms with Gasteiger partial charge in [-0.25, -0.2) is 0 Å². The standard InChI is InChI=1S/C29H21F6O3P.Li/c30-28(31,32)22-12-7-13-23(29(33,34)35)26(22)27(36)39-25-15-14-21(37-17-19-8-3-1-4-9-19)16-24(25)38-18-20-10-5-2-6-11-20;/h1-16,39H,17-18H2;/q;+1. The fraction of sp³-hybridized carbons (Fsp3) is 0.138. The maximum Gasteiger partial charge on any atom is 1.00 e. The van der Waals surface area contributed by atoms with Crippen LogP contribution in [0.3, 0.4) is 0 Å². The van der Waals surface area contributed by atoms with E-state index in [1.54, 1.807) is 24.3 Å². The number of carbonyl (C=O) groups is 1. The van der Waals surface area contributed by atoms with Crippen LogP contribution in [0.25, 0.3) is 0 Å². The van der Waals surface area contributed by atoms with E-state index in [1.807, 2.05) is 36.4 Å². The van der Waals surface area contributed by atoms with Gasteiger partial charge in [0.1, 0.15) is 24.7 Å². The van der Waals surface area contributed by atoms with Crippen molar-refractivity contribution >= 4 is 19.4 Å². The summed E-state index contributed by atoms with van der Waals surface area (Å²) in [6, 6.07) is 24.2. The minimum Gasteiger partial charge on any atom is -0.489 e. The van der Waals surface area contributed by atoms with E-state index in [2.05, 4.69) is 0 Å². The molecule has 0 aromatic heterocycles. The minimum absolute atomic E-state index is 0. The fourth-order valence-corrected chi connectivity index (χ4v) is 4.82. The van der Waals surface area contributed by atoms with Gasteiger partial charge in [-0.2, -0.15) is 26.3 Å². The van der Waals surface area contributed by atoms with Crippen LogP contribution in [0.4, 0.5) is 26.3 Å². The first kappa shape index (κ1) is 31.3. The Hall–Kier alpha value is -3.24. The van der Waals surface area contributed by atoms with Crippen LogP contribution in [-0.4, -0.2) is 5.52 Å². The molecule has 0 aliphatic heterocycles. The molecule has 0 saturated carbocycles. The van der Waals surface area contributed by atoms with Crippen molar-refractivity contribution < 1.29 is 59.5 Å². The first-order valence-electron chi connectivity index (χ1n) is 11.6. The van der Waals surface area contributed by atoms with Crippen molar-refractivity contribution in [3.8, 4) is 11.5 Å². The number of rotatable bonds is 9. The molecule has 40 heavy (non-hydrogen) atoms. The van der Waals surface area contributed by atoms with E-state index in [0.29, 0.717) is 23.9 Å². The number of hydrogen-bond acceptors (Lipinski definition) is 3. The molecule has 0 radical (unpaired) electrons. The van der Waals surface area contributed by atoms with Crippen LogP contribution in [0.1, 0.15) is 32.6 Å². The Morgan fingerprint density at radius 2 is 1.15 bits per heavy atom. The Labute approximate surface area is 240 Å². The van der Waals surface area contributed by atoms with Crippen molar-refractivity contribution in [1.29, 1.82) is 0 Å². The number of alkyl halides is 6. The van der Waals surface area contributed by atoms with Gasteiger partial charge in [0.2, 0.25) is 0 Å². The van der Waals surface area contributed by atoms with E-state index in [1.165, 1.54) is 18.2 Å². The van der Waals surface area contributed by atoms with Crippen LogP contribution in [-0.2, 0) is 25.6 Å². The van der Waals surface area contributed by atoms with Crippen molar-refractivity contribution in [1.82, 2.24) is 0 Å². The SMILES string of the molecule is O=C(Pc1ccc(OCc2ccccc2)cc1OCc1ccccc1)c1c(C(F)(F)F)cccc1C(F)(F)F.[Li+]. The molecule has 4 rings (SSSR count). The summed E-state index contributed by atoms with van der Waals surface area (Å²) in [6.45, 7) is 0.273. The zero-order valence-corrected chi connectivity index (χ0v) is 22.1. The van der Waals surface area contributed by atoms with E-state index in [4.69, 9.17) is 9.47 Å². The summed E-state index contributed by atoms with van der Waals surface area (Å²) in [7, 11) is -1.08. The molecule has 1 atom stereocenters. The molecule has 0 aliphatic rings. The molecule has 0 saturated heterocycles. The zero-order chi connectivity index (χ0) is 28.0. The van der Waals surface area contributed by atoms with Crippen molar-refractivity contribution in [3.63, 3.8) is 0 Å². The molecule has 4 aromatic carbocycles. The average Bonchev–Trinajstić information content (AvgIpc) is 2.91. The van der Waals surface area contributed by atoms with Gasteiger partial charge in [0.05, 0.1) is 11.1 Å². The topological polar surface area (TPSA) is 35.5 Å². The van der Waals surface area contributed by atoms with Crippen LogP contribution in [0.5, 0.6) is 11.5 Å². The predicted molar refractivity (Wildman–Crippen MR) is 137 cm³/mol. The second kappa shape index (κ2) is 13.4. The van der Waals surface area contributed by atoms with Gasteiger partial charge < -0.3 is 9.47 Å². The fourth-order valence-electron chi connectivity index (χ4n) is 3.75. The molecule has 0 fully saturated rings. The van der Waals surface area contributed by atoms with Crippen LogP contribution in [0.15, 0.2) is 97.1 Å². The zero-order valence-electron chi connectivity index (χ0n) is 21.1. The normalized spacial score (nSPS) is 11.8. The van der Waals surface area contributed by atoms with Gasteiger partial charge in [-0.05, 0) is 44.0 Å². The second-order valence-corrected chi connectivity index (χ2v) is 9.63. The van der Waals surface area contributed by atoms with Gasteiger partial charge in [0, 0.05) is 16.9 Å². The largest absolute Gasteiger partial charge is 1.00 e. The summed E-state index contributed by atoms with van der Waals surface area (Å²) in [5, 5.41) is 0.146. The Morgan fingerprint density at radius 1 is 0.650 bits per heavy atom. The number of hydrogen-bond donors (Lipinski definition) is 0. The molecular formula is C29H21F6LiO3P+. The Morgan fingerprint density at radius 3 is 1.65 bits per heavy atom. The third kappa shape index (κ3) is 8.14. The maximum absolute atomic E-state index is 13.6. The third-order valence-corrected chi connectivity index (χ3v) is 6.75. The van der Waals surface area contributed by atoms with Crippen LogP contribution in [0.2, 0.25) is 0 Å². The van der Waals surface area contributed by atoms with Crippen molar-refractivity contribution in [2.45, 2.75) is 25.6 Å². The molecule has 0 N–H and O–H groups in total. The molecule has 202 valence electrons. The summed E-state index contributed by atoms with van der Waals surface area (Å²) in [6.07, 6.45) is -10.3. The summed E-state index contributed by atoms with van der Waals surface area (Å²) in [4.78, 5) is 13.1.